The van der Waals surface area contributed by atoms with E-state index in [0.717, 1.165) is 17.4 Å². The largest absolute Gasteiger partial charge is 0.350 e. The topological polar surface area (TPSA) is 86.8 Å². The van der Waals surface area contributed by atoms with E-state index >= 15 is 0 Å². The first-order chi connectivity index (χ1) is 17.1. The first-order valence-electron chi connectivity index (χ1n) is 12.5. The molecule has 0 aromatic heterocycles. The Morgan fingerprint density at radius 2 is 1.68 bits per heavy atom. The van der Waals surface area contributed by atoms with Gasteiger partial charge < -0.3 is 10.2 Å². The highest BCUT2D eigenvalue weighted by atomic mass is 35.5. The maximum atomic E-state index is 13.5. The lowest BCUT2D eigenvalue weighted by molar-refractivity contribution is -0.142. The van der Waals surface area contributed by atoms with Crippen molar-refractivity contribution < 1.29 is 18.0 Å². The van der Waals surface area contributed by atoms with E-state index in [9.17, 15) is 18.0 Å². The Kier molecular flexibility index (Phi) is 10.6. The van der Waals surface area contributed by atoms with Gasteiger partial charge in [-0.3, -0.25) is 13.9 Å². The van der Waals surface area contributed by atoms with E-state index in [4.69, 9.17) is 11.6 Å². The number of amides is 2. The number of anilines is 1. The summed E-state index contributed by atoms with van der Waals surface area (Å²) in [6.07, 6.45) is 1.98. The number of hydrogen-bond acceptors (Lipinski definition) is 4. The Balaban J connectivity index is 2.27. The van der Waals surface area contributed by atoms with Gasteiger partial charge in [-0.15, -0.1) is 0 Å². The van der Waals surface area contributed by atoms with Gasteiger partial charge in [0.15, 0.2) is 0 Å². The first kappa shape index (κ1) is 30.6. The second-order valence-electron chi connectivity index (χ2n) is 10.5. The monoisotopic (exact) mass is 549 g/mol. The third kappa shape index (κ3) is 9.04. The molecule has 1 atom stereocenters. The van der Waals surface area contributed by atoms with Gasteiger partial charge in [-0.25, -0.2) is 8.42 Å². The molecule has 0 aliphatic rings. The minimum absolute atomic E-state index is 0.0940. The van der Waals surface area contributed by atoms with E-state index in [1.54, 1.807) is 30.0 Å². The molecular formula is C28H40ClN3O4S. The fraction of sp³-hybridized carbons (Fsp3) is 0.500. The van der Waals surface area contributed by atoms with Crippen LogP contribution in [0.5, 0.6) is 0 Å². The van der Waals surface area contributed by atoms with Crippen molar-refractivity contribution in [2.75, 3.05) is 17.1 Å². The molecule has 2 aromatic rings. The summed E-state index contributed by atoms with van der Waals surface area (Å²) >= 11 is 6.23. The summed E-state index contributed by atoms with van der Waals surface area (Å²) < 4.78 is 26.5. The standard InChI is InChI=1S/C28H40ClN3O4S/c1-8-24(27(34)30-28(4,5)6)31(19-22-16-14-20(2)15-17-22)26(33)13-10-18-32(37(7,35)36)25-12-9-11-23(29)21(25)3/h9,11-12,14-17,24H,8,10,13,18-19H2,1-7H3,(H,30,34)/t24-/m0/s1. The molecule has 2 aromatic carbocycles. The normalized spacial score (nSPS) is 12.6. The minimum Gasteiger partial charge on any atom is -0.350 e. The number of aryl methyl sites for hydroxylation is 1. The predicted octanol–water partition coefficient (Wildman–Crippen LogP) is 5.23. The SMILES string of the molecule is CC[C@@H](C(=O)NC(C)(C)C)N(Cc1ccc(C)cc1)C(=O)CCCN(c1cccc(Cl)c1C)S(C)(=O)=O. The van der Waals surface area contributed by atoms with Gasteiger partial charge in [0.2, 0.25) is 21.8 Å². The van der Waals surface area contributed by atoms with Crippen molar-refractivity contribution >= 4 is 39.1 Å². The van der Waals surface area contributed by atoms with Crippen LogP contribution in [0.15, 0.2) is 42.5 Å². The number of benzene rings is 2. The van der Waals surface area contributed by atoms with Crippen LogP contribution in [0.4, 0.5) is 5.69 Å². The van der Waals surface area contributed by atoms with Gasteiger partial charge in [0.25, 0.3) is 0 Å². The summed E-state index contributed by atoms with van der Waals surface area (Å²) in [6, 6.07) is 12.3. The Morgan fingerprint density at radius 1 is 1.05 bits per heavy atom. The highest BCUT2D eigenvalue weighted by Crippen LogP contribution is 2.28. The van der Waals surface area contributed by atoms with Gasteiger partial charge in [0.05, 0.1) is 11.9 Å². The number of hydrogen-bond donors (Lipinski definition) is 1. The molecule has 0 saturated heterocycles. The zero-order valence-electron chi connectivity index (χ0n) is 23.0. The second kappa shape index (κ2) is 12.8. The zero-order chi connectivity index (χ0) is 28.0. The van der Waals surface area contributed by atoms with Gasteiger partial charge >= 0.3 is 0 Å². The number of nitrogens with zero attached hydrogens (tertiary/aromatic N) is 2. The molecule has 204 valence electrons. The average molecular weight is 550 g/mol. The van der Waals surface area contributed by atoms with Gasteiger partial charge in [-0.1, -0.05) is 54.4 Å². The van der Waals surface area contributed by atoms with E-state index in [2.05, 4.69) is 5.32 Å². The number of sulfonamides is 1. The van der Waals surface area contributed by atoms with E-state index in [-0.39, 0.29) is 24.8 Å². The number of carbonyl (C=O) groups is 2. The predicted molar refractivity (Wildman–Crippen MR) is 151 cm³/mol. The van der Waals surface area contributed by atoms with Crippen molar-refractivity contribution in [1.82, 2.24) is 10.2 Å². The highest BCUT2D eigenvalue weighted by Gasteiger charge is 2.31. The molecule has 37 heavy (non-hydrogen) atoms. The lowest BCUT2D eigenvalue weighted by Gasteiger charge is -2.33. The van der Waals surface area contributed by atoms with Crippen molar-refractivity contribution in [3.05, 3.63) is 64.2 Å². The minimum atomic E-state index is -3.60. The van der Waals surface area contributed by atoms with E-state index in [1.165, 1.54) is 4.31 Å². The van der Waals surface area contributed by atoms with Crippen LogP contribution in [0, 0.1) is 13.8 Å². The van der Waals surface area contributed by atoms with Gasteiger partial charge in [0, 0.05) is 30.1 Å². The van der Waals surface area contributed by atoms with Gasteiger partial charge in [0.1, 0.15) is 6.04 Å². The van der Waals surface area contributed by atoms with Crippen LogP contribution in [0.25, 0.3) is 0 Å². The molecular weight excluding hydrogens is 510 g/mol. The Hall–Kier alpha value is -2.58. The summed E-state index contributed by atoms with van der Waals surface area (Å²) in [5, 5.41) is 3.47. The quantitative estimate of drug-likeness (QED) is 0.416. The molecule has 0 bridgehead atoms. The summed E-state index contributed by atoms with van der Waals surface area (Å²) in [6.45, 7) is 11.8. The molecule has 0 spiro atoms. The van der Waals surface area contributed by atoms with Crippen LogP contribution in [0.1, 0.15) is 63.6 Å². The Morgan fingerprint density at radius 3 is 2.22 bits per heavy atom. The van der Waals surface area contributed by atoms with Crippen LogP contribution >= 0.6 is 11.6 Å². The molecule has 9 heteroatoms. The summed E-state index contributed by atoms with van der Waals surface area (Å²) in [5.74, 6) is -0.407. The summed E-state index contributed by atoms with van der Waals surface area (Å²) in [7, 11) is -3.60. The number of halogens is 1. The molecule has 0 aliphatic heterocycles. The number of carbonyl (C=O) groups excluding carboxylic acids is 2. The fourth-order valence-electron chi connectivity index (χ4n) is 4.11. The first-order valence-corrected chi connectivity index (χ1v) is 14.8. The molecule has 2 amide bonds. The average Bonchev–Trinajstić information content (AvgIpc) is 2.78. The smallest absolute Gasteiger partial charge is 0.243 e. The third-order valence-electron chi connectivity index (χ3n) is 6.02. The third-order valence-corrected chi connectivity index (χ3v) is 7.61. The van der Waals surface area contributed by atoms with Crippen LogP contribution in [0.3, 0.4) is 0 Å². The second-order valence-corrected chi connectivity index (χ2v) is 12.8. The fourth-order valence-corrected chi connectivity index (χ4v) is 5.30. The van der Waals surface area contributed by atoms with Crippen molar-refractivity contribution in [1.29, 1.82) is 0 Å². The van der Waals surface area contributed by atoms with Gasteiger partial charge in [-0.05, 0) is 70.7 Å². The lowest BCUT2D eigenvalue weighted by atomic mass is 10.0. The molecule has 0 aliphatic carbocycles. The van der Waals surface area contributed by atoms with Crippen molar-refractivity contribution in [2.24, 2.45) is 0 Å². The maximum Gasteiger partial charge on any atom is 0.243 e. The molecule has 1 N–H and O–H groups in total. The summed E-state index contributed by atoms with van der Waals surface area (Å²) in [4.78, 5) is 28.3. The molecule has 0 heterocycles. The van der Waals surface area contributed by atoms with Crippen LogP contribution in [-0.4, -0.2) is 49.5 Å². The Labute approximate surface area is 227 Å². The zero-order valence-corrected chi connectivity index (χ0v) is 24.5. The van der Waals surface area contributed by atoms with E-state index < -0.39 is 21.6 Å². The maximum absolute atomic E-state index is 13.5. The lowest BCUT2D eigenvalue weighted by Crippen LogP contribution is -2.53. The summed E-state index contributed by atoms with van der Waals surface area (Å²) in [5.41, 5.74) is 2.75. The van der Waals surface area contributed by atoms with E-state index in [0.29, 0.717) is 35.7 Å². The molecule has 0 fully saturated rings. The van der Waals surface area contributed by atoms with Crippen LogP contribution < -0.4 is 9.62 Å². The highest BCUT2D eigenvalue weighted by molar-refractivity contribution is 7.92. The van der Waals surface area contributed by atoms with Crippen LogP contribution in [0.2, 0.25) is 5.02 Å². The number of rotatable bonds is 11. The van der Waals surface area contributed by atoms with Crippen molar-refractivity contribution in [3.8, 4) is 0 Å². The number of nitrogens with one attached hydrogen (secondary N) is 1. The molecule has 0 unspecified atom stereocenters. The molecule has 2 rings (SSSR count). The van der Waals surface area contributed by atoms with Crippen LogP contribution in [-0.2, 0) is 26.2 Å². The molecule has 7 nitrogen and oxygen atoms in total. The van der Waals surface area contributed by atoms with Gasteiger partial charge in [-0.2, -0.15) is 0 Å². The van der Waals surface area contributed by atoms with E-state index in [1.807, 2.05) is 58.9 Å². The molecule has 0 radical (unpaired) electrons. The Bertz CT molecular complexity index is 1190. The molecule has 0 saturated carbocycles. The van der Waals surface area contributed by atoms with Crippen molar-refractivity contribution in [3.63, 3.8) is 0 Å². The van der Waals surface area contributed by atoms with Crippen molar-refractivity contribution in [2.45, 2.75) is 78.9 Å².